The maximum absolute atomic E-state index is 11.7. The van der Waals surface area contributed by atoms with Crippen molar-refractivity contribution in [1.29, 1.82) is 5.26 Å². The maximum Gasteiger partial charge on any atom is 0.171 e. The lowest BCUT2D eigenvalue weighted by Gasteiger charge is -2.04. The Labute approximate surface area is 52.4 Å². The van der Waals surface area contributed by atoms with Crippen LogP contribution in [0.2, 0.25) is 0 Å². The summed E-state index contributed by atoms with van der Waals surface area (Å²) in [5.41, 5.74) is 0. The normalized spacial score (nSPS) is 24.4. The van der Waals surface area contributed by atoms with Gasteiger partial charge < -0.3 is 4.90 Å². The fourth-order valence-electron chi connectivity index (χ4n) is 0.502. The number of rotatable bonds is 1. The zero-order valence-electron chi connectivity index (χ0n) is 4.58. The highest BCUT2D eigenvalue weighted by Gasteiger charge is 2.16. The number of nitrogens with zero attached hydrogens (tertiary/aromatic N) is 3. The van der Waals surface area contributed by atoms with Crippen LogP contribution in [-0.4, -0.2) is 24.1 Å². The van der Waals surface area contributed by atoms with Gasteiger partial charge in [-0.2, -0.15) is 5.26 Å². The molecule has 0 aliphatic carbocycles. The van der Waals surface area contributed by atoms with Crippen molar-refractivity contribution in [2.45, 2.75) is 6.04 Å². The van der Waals surface area contributed by atoms with Crippen LogP contribution in [-0.2, 0) is 0 Å². The van der Waals surface area contributed by atoms with Gasteiger partial charge in [0.25, 0.3) is 0 Å². The minimum absolute atomic E-state index is 0.541. The predicted octanol–water partition coefficient (Wildman–Crippen LogP) is 0.188. The van der Waals surface area contributed by atoms with Gasteiger partial charge in [0.1, 0.15) is 0 Å². The molecule has 9 heavy (non-hydrogen) atoms. The fourth-order valence-corrected chi connectivity index (χ4v) is 0.502. The molecular weight excluding hydrogens is 121 g/mol. The first-order valence-corrected chi connectivity index (χ1v) is 2.39. The van der Waals surface area contributed by atoms with E-state index >= 15 is 0 Å². The number of nitriles is 1. The van der Waals surface area contributed by atoms with Gasteiger partial charge in [-0.1, -0.05) is 0 Å². The Hall–Kier alpha value is -1.11. The van der Waals surface area contributed by atoms with Gasteiger partial charge in [-0.05, 0) is 0 Å². The van der Waals surface area contributed by atoms with E-state index in [2.05, 4.69) is 11.3 Å². The Kier molecular flexibility index (Phi) is 1.63. The summed E-state index contributed by atoms with van der Waals surface area (Å²) in [5.74, 6) is 0. The highest BCUT2D eigenvalue weighted by molar-refractivity contribution is 5.60. The second-order valence-electron chi connectivity index (χ2n) is 1.54. The summed E-state index contributed by atoms with van der Waals surface area (Å²) in [6.07, 6.45) is 2.31. The molecule has 3 nitrogen and oxygen atoms in total. The monoisotopic (exact) mass is 125 g/mol. The molecule has 46 valence electrons. The lowest BCUT2D eigenvalue weighted by molar-refractivity contribution is 0.332. The molecule has 0 aromatic rings. The van der Waals surface area contributed by atoms with Crippen LogP contribution in [0.4, 0.5) is 4.39 Å². The van der Waals surface area contributed by atoms with E-state index in [0.717, 1.165) is 4.90 Å². The van der Waals surface area contributed by atoms with E-state index in [9.17, 15) is 4.39 Å². The van der Waals surface area contributed by atoms with Gasteiger partial charge in [0, 0.05) is 0 Å². The molecule has 0 saturated heterocycles. The van der Waals surface area contributed by atoms with E-state index in [0.29, 0.717) is 0 Å². The summed E-state index contributed by atoms with van der Waals surface area (Å²) in [5, 5.41) is 8.22. The summed E-state index contributed by atoms with van der Waals surface area (Å²) in [4.78, 5) is 4.63. The molecule has 2 radical (unpaired) electrons. The van der Waals surface area contributed by atoms with Crippen LogP contribution >= 0.6 is 0 Å². The zero-order chi connectivity index (χ0) is 6.69. The van der Waals surface area contributed by atoms with Crippen molar-refractivity contribution in [3.8, 4) is 6.07 Å². The van der Waals surface area contributed by atoms with Gasteiger partial charge >= 0.3 is 0 Å². The number of halogens is 1. The third-order valence-corrected chi connectivity index (χ3v) is 0.907. The lowest BCUT2D eigenvalue weighted by Crippen LogP contribution is -2.15. The van der Waals surface area contributed by atoms with Crippen LogP contribution in [0.15, 0.2) is 4.99 Å². The number of aliphatic imine (C=N–C) groups is 1. The van der Waals surface area contributed by atoms with E-state index in [4.69, 9.17) is 5.26 Å². The molecule has 0 bridgehead atoms. The predicted molar refractivity (Wildman–Crippen MR) is 28.9 cm³/mol. The van der Waals surface area contributed by atoms with Gasteiger partial charge in [0.05, 0.1) is 12.6 Å². The topological polar surface area (TPSA) is 39.4 Å². The second-order valence-corrected chi connectivity index (χ2v) is 1.54. The molecule has 1 rings (SSSR count). The van der Waals surface area contributed by atoms with Gasteiger partial charge in [0.2, 0.25) is 0 Å². The molecule has 1 aliphatic heterocycles. The van der Waals surface area contributed by atoms with Gasteiger partial charge in [-0.3, -0.25) is 0 Å². The first-order chi connectivity index (χ1) is 4.36. The summed E-state index contributed by atoms with van der Waals surface area (Å²) in [6.45, 7) is 0.710. The second kappa shape index (κ2) is 2.44. The molecule has 0 saturated carbocycles. The minimum Gasteiger partial charge on any atom is -0.318 e. The Morgan fingerprint density at radius 1 is 2.00 bits per heavy atom. The third-order valence-electron chi connectivity index (χ3n) is 0.907. The van der Waals surface area contributed by atoms with E-state index in [1.807, 2.05) is 6.07 Å². The molecular formula is C5H4FN3. The van der Waals surface area contributed by atoms with E-state index in [1.165, 1.54) is 6.54 Å². The molecule has 1 unspecified atom stereocenters. The van der Waals surface area contributed by atoms with Crippen LogP contribution in [0.25, 0.3) is 0 Å². The van der Waals surface area contributed by atoms with E-state index in [-0.39, 0.29) is 0 Å². The van der Waals surface area contributed by atoms with Crippen molar-refractivity contribution in [3.05, 3.63) is 6.54 Å². The highest BCUT2D eigenvalue weighted by atomic mass is 19.1. The SMILES string of the molecule is N#CC1[CH]N(CF)[C]=N1. The molecule has 0 fully saturated rings. The van der Waals surface area contributed by atoms with E-state index in [1.54, 1.807) is 0 Å². The van der Waals surface area contributed by atoms with Crippen LogP contribution in [0, 0.1) is 17.9 Å². The van der Waals surface area contributed by atoms with Crippen LogP contribution < -0.4 is 0 Å². The molecule has 4 heteroatoms. The summed E-state index contributed by atoms with van der Waals surface area (Å²) in [7, 11) is 0. The van der Waals surface area contributed by atoms with Crippen molar-refractivity contribution < 1.29 is 4.39 Å². The maximum atomic E-state index is 11.7. The number of hydrogen-bond acceptors (Lipinski definition) is 3. The van der Waals surface area contributed by atoms with Crippen LogP contribution in [0.5, 0.6) is 0 Å². The number of alkyl halides is 1. The molecule has 0 aromatic carbocycles. The molecule has 1 heterocycles. The molecule has 0 amide bonds. The molecule has 1 aliphatic rings. The summed E-state index contributed by atoms with van der Waals surface area (Å²) in [6, 6.07) is 1.29. The van der Waals surface area contributed by atoms with Crippen molar-refractivity contribution in [2.24, 2.45) is 4.99 Å². The number of hydrogen-bond donors (Lipinski definition) is 0. The average molecular weight is 125 g/mol. The van der Waals surface area contributed by atoms with Crippen molar-refractivity contribution >= 4 is 6.34 Å². The smallest absolute Gasteiger partial charge is 0.171 e. The van der Waals surface area contributed by atoms with Gasteiger partial charge in [-0.15, -0.1) is 0 Å². The fraction of sp³-hybridized carbons (Fsp3) is 0.400. The van der Waals surface area contributed by atoms with Crippen molar-refractivity contribution in [3.63, 3.8) is 0 Å². The Morgan fingerprint density at radius 2 is 2.78 bits per heavy atom. The van der Waals surface area contributed by atoms with Crippen LogP contribution in [0.3, 0.4) is 0 Å². The lowest BCUT2D eigenvalue weighted by atomic mass is 10.3. The van der Waals surface area contributed by atoms with Crippen LogP contribution in [0.1, 0.15) is 0 Å². The van der Waals surface area contributed by atoms with E-state index < -0.39 is 12.8 Å². The Bertz CT molecular complexity index is 160. The highest BCUT2D eigenvalue weighted by Crippen LogP contribution is 2.06. The van der Waals surface area contributed by atoms with Gasteiger partial charge in [-0.25, -0.2) is 9.38 Å². The Balaban J connectivity index is 2.42. The summed E-state index contributed by atoms with van der Waals surface area (Å²) < 4.78 is 11.7. The molecule has 0 N–H and O–H groups in total. The first-order valence-electron chi connectivity index (χ1n) is 2.39. The van der Waals surface area contributed by atoms with Crippen molar-refractivity contribution in [1.82, 2.24) is 4.90 Å². The molecule has 0 aromatic heterocycles. The average Bonchev–Trinajstić information content (AvgIpc) is 2.34. The van der Waals surface area contributed by atoms with Gasteiger partial charge in [0.15, 0.2) is 19.2 Å². The standard InChI is InChI=1S/C5H4FN3/c6-3-9-2-5(1-7)8-4-9/h2,5H,3H2. The zero-order valence-corrected chi connectivity index (χ0v) is 4.58. The van der Waals surface area contributed by atoms with Crippen molar-refractivity contribution in [2.75, 3.05) is 6.80 Å². The third kappa shape index (κ3) is 1.17. The minimum atomic E-state index is -0.665. The Morgan fingerprint density at radius 3 is 3.11 bits per heavy atom. The summed E-state index contributed by atoms with van der Waals surface area (Å²) >= 11 is 0. The largest absolute Gasteiger partial charge is 0.318 e. The molecule has 1 atom stereocenters. The quantitative estimate of drug-likeness (QED) is 0.469. The molecule has 0 spiro atoms. The first kappa shape index (κ1) is 6.02.